The van der Waals surface area contributed by atoms with Gasteiger partial charge in [0.25, 0.3) is 0 Å². The van der Waals surface area contributed by atoms with E-state index in [0.29, 0.717) is 12.1 Å². The molecule has 0 aliphatic carbocycles. The molecule has 1 aromatic carbocycles. The molecule has 0 N–H and O–H groups in total. The molecule has 0 atom stereocenters. The summed E-state index contributed by atoms with van der Waals surface area (Å²) in [6.45, 7) is 1.39. The fourth-order valence-electron chi connectivity index (χ4n) is 2.54. The summed E-state index contributed by atoms with van der Waals surface area (Å²) in [5, 5.41) is 0. The van der Waals surface area contributed by atoms with E-state index in [1.165, 1.54) is 18.2 Å². The van der Waals surface area contributed by atoms with Crippen molar-refractivity contribution in [3.8, 4) is 0 Å². The summed E-state index contributed by atoms with van der Waals surface area (Å²) in [4.78, 5) is 6.28. The Kier molecular flexibility index (Phi) is 7.58. The smallest absolute Gasteiger partial charge is 0.210 e. The monoisotopic (exact) mass is 419 g/mol. The van der Waals surface area contributed by atoms with Crippen molar-refractivity contribution in [1.82, 2.24) is 14.5 Å². The van der Waals surface area contributed by atoms with E-state index in [4.69, 9.17) is 0 Å². The summed E-state index contributed by atoms with van der Waals surface area (Å²) in [5.74, 6) is -0.583. The predicted octanol–water partition coefficient (Wildman–Crippen LogP) is 3.41. The van der Waals surface area contributed by atoms with Crippen molar-refractivity contribution in [2.24, 2.45) is 0 Å². The quantitative estimate of drug-likeness (QED) is 0.635. The first-order valence-electron chi connectivity index (χ1n) is 7.49. The van der Waals surface area contributed by atoms with Gasteiger partial charge in [0, 0.05) is 25.5 Å². The van der Waals surface area contributed by atoms with Gasteiger partial charge in [0.2, 0.25) is 9.84 Å². The molecule has 0 bridgehead atoms. The highest BCUT2D eigenvalue weighted by molar-refractivity contribution is 7.91. The van der Waals surface area contributed by atoms with Gasteiger partial charge in [-0.05, 0) is 44.4 Å². The SMILES string of the molecule is CN(C)CCn1cc(S(=O)(=O)c2cccc(F)c2)c2ncccc21.Cl.Cl. The number of fused-ring (bicyclic) bond motifs is 1. The second kappa shape index (κ2) is 8.81. The molecule has 26 heavy (non-hydrogen) atoms. The average molecular weight is 420 g/mol. The van der Waals surface area contributed by atoms with E-state index in [2.05, 4.69) is 4.98 Å². The lowest BCUT2D eigenvalue weighted by Crippen LogP contribution is -2.18. The molecule has 142 valence electrons. The van der Waals surface area contributed by atoms with Crippen LogP contribution < -0.4 is 0 Å². The predicted molar refractivity (Wildman–Crippen MR) is 105 cm³/mol. The lowest BCUT2D eigenvalue weighted by atomic mass is 10.3. The first-order valence-corrected chi connectivity index (χ1v) is 8.97. The second-order valence-electron chi connectivity index (χ2n) is 5.82. The van der Waals surface area contributed by atoms with Crippen molar-refractivity contribution in [3.63, 3.8) is 0 Å². The van der Waals surface area contributed by atoms with Gasteiger partial charge >= 0.3 is 0 Å². The standard InChI is InChI=1S/C17H18FN3O2S.2ClH/c1-20(2)9-10-21-12-16(17-15(21)7-4-8-19-17)24(22,23)14-6-3-5-13(18)11-14;;/h3-8,11-12H,9-10H2,1-2H3;2*1H. The lowest BCUT2D eigenvalue weighted by molar-refractivity contribution is 0.386. The van der Waals surface area contributed by atoms with Gasteiger partial charge in [-0.15, -0.1) is 24.8 Å². The van der Waals surface area contributed by atoms with Gasteiger partial charge in [-0.3, -0.25) is 4.98 Å². The molecule has 0 unspecified atom stereocenters. The average Bonchev–Trinajstić information content (AvgIpc) is 2.92. The maximum Gasteiger partial charge on any atom is 0.210 e. The highest BCUT2D eigenvalue weighted by Gasteiger charge is 2.24. The fourth-order valence-corrected chi connectivity index (χ4v) is 4.00. The minimum Gasteiger partial charge on any atom is -0.344 e. The Morgan fingerprint density at radius 1 is 1.15 bits per heavy atom. The van der Waals surface area contributed by atoms with Crippen molar-refractivity contribution >= 4 is 45.7 Å². The Balaban J connectivity index is 0.00000169. The molecule has 9 heteroatoms. The van der Waals surface area contributed by atoms with Crippen LogP contribution in [0.3, 0.4) is 0 Å². The Hall–Kier alpha value is -1.67. The lowest BCUT2D eigenvalue weighted by Gasteiger charge is -2.10. The van der Waals surface area contributed by atoms with Crippen molar-refractivity contribution in [3.05, 3.63) is 54.6 Å². The number of likely N-dealkylation sites (N-methyl/N-ethyl adjacent to an activating group) is 1. The third-order valence-corrected chi connectivity index (χ3v) is 5.54. The number of hydrogen-bond acceptors (Lipinski definition) is 4. The summed E-state index contributed by atoms with van der Waals surface area (Å²) in [6.07, 6.45) is 3.14. The highest BCUT2D eigenvalue weighted by Crippen LogP contribution is 2.29. The number of nitrogens with zero attached hydrogens (tertiary/aromatic N) is 3. The summed E-state index contributed by atoms with van der Waals surface area (Å²) in [5.41, 5.74) is 1.15. The van der Waals surface area contributed by atoms with Crippen molar-refractivity contribution in [2.45, 2.75) is 16.3 Å². The molecule has 0 aliphatic heterocycles. The summed E-state index contributed by atoms with van der Waals surface area (Å²) in [7, 11) is 0.0627. The minimum atomic E-state index is -3.84. The van der Waals surface area contributed by atoms with Crippen LogP contribution in [0.15, 0.2) is 58.6 Å². The van der Waals surface area contributed by atoms with Crippen LogP contribution in [0.2, 0.25) is 0 Å². The van der Waals surface area contributed by atoms with Gasteiger partial charge in [-0.25, -0.2) is 12.8 Å². The molecule has 5 nitrogen and oxygen atoms in total. The molecule has 0 fully saturated rings. The van der Waals surface area contributed by atoms with Crippen LogP contribution in [0.5, 0.6) is 0 Å². The zero-order valence-electron chi connectivity index (χ0n) is 14.3. The van der Waals surface area contributed by atoms with Crippen LogP contribution in [0.1, 0.15) is 0 Å². The van der Waals surface area contributed by atoms with Crippen LogP contribution in [0, 0.1) is 5.82 Å². The fraction of sp³-hybridized carbons (Fsp3) is 0.235. The van der Waals surface area contributed by atoms with Crippen LogP contribution in [-0.4, -0.2) is 43.5 Å². The Labute approximate surface area is 164 Å². The second-order valence-corrected chi connectivity index (χ2v) is 7.74. The van der Waals surface area contributed by atoms with Gasteiger partial charge in [0.1, 0.15) is 16.2 Å². The molecule has 0 amide bonds. The minimum absolute atomic E-state index is 0. The number of sulfone groups is 1. The third-order valence-electron chi connectivity index (χ3n) is 3.79. The number of aromatic nitrogens is 2. The topological polar surface area (TPSA) is 55.2 Å². The van der Waals surface area contributed by atoms with Crippen molar-refractivity contribution in [2.75, 3.05) is 20.6 Å². The first kappa shape index (κ1) is 22.4. The first-order chi connectivity index (χ1) is 11.4. The van der Waals surface area contributed by atoms with E-state index in [0.717, 1.165) is 18.1 Å². The van der Waals surface area contributed by atoms with E-state index in [1.54, 1.807) is 18.5 Å². The highest BCUT2D eigenvalue weighted by atomic mass is 35.5. The number of benzene rings is 1. The van der Waals surface area contributed by atoms with Gasteiger partial charge in [0.15, 0.2) is 0 Å². The third kappa shape index (κ3) is 4.35. The largest absolute Gasteiger partial charge is 0.344 e. The maximum absolute atomic E-state index is 13.5. The molecular weight excluding hydrogens is 400 g/mol. The molecule has 2 aromatic heterocycles. The summed E-state index contributed by atoms with van der Waals surface area (Å²) >= 11 is 0. The van der Waals surface area contributed by atoms with E-state index >= 15 is 0 Å². The maximum atomic E-state index is 13.5. The molecule has 0 spiro atoms. The summed E-state index contributed by atoms with van der Waals surface area (Å²) < 4.78 is 41.2. The molecule has 0 saturated carbocycles. The van der Waals surface area contributed by atoms with Gasteiger partial charge in [-0.1, -0.05) is 6.07 Å². The normalized spacial score (nSPS) is 11.2. The van der Waals surface area contributed by atoms with E-state index in [9.17, 15) is 12.8 Å². The number of rotatable bonds is 5. The zero-order chi connectivity index (χ0) is 17.3. The van der Waals surface area contributed by atoms with Crippen LogP contribution >= 0.6 is 24.8 Å². The molecule has 3 aromatic rings. The van der Waals surface area contributed by atoms with Gasteiger partial charge < -0.3 is 9.47 Å². The Bertz CT molecular complexity index is 991. The van der Waals surface area contributed by atoms with Crippen LogP contribution in [-0.2, 0) is 16.4 Å². The van der Waals surface area contributed by atoms with Crippen LogP contribution in [0.4, 0.5) is 4.39 Å². The molecule has 2 heterocycles. The van der Waals surface area contributed by atoms with Crippen molar-refractivity contribution < 1.29 is 12.8 Å². The zero-order valence-corrected chi connectivity index (χ0v) is 16.7. The Morgan fingerprint density at radius 2 is 1.88 bits per heavy atom. The van der Waals surface area contributed by atoms with E-state index in [-0.39, 0.29) is 34.6 Å². The van der Waals surface area contributed by atoms with E-state index in [1.807, 2.05) is 29.6 Å². The molecular formula is C17H20Cl2FN3O2S. The summed E-state index contributed by atoms with van der Waals surface area (Å²) in [6, 6.07) is 8.64. The van der Waals surface area contributed by atoms with Crippen molar-refractivity contribution in [1.29, 1.82) is 0 Å². The van der Waals surface area contributed by atoms with Gasteiger partial charge in [-0.2, -0.15) is 0 Å². The van der Waals surface area contributed by atoms with Crippen LogP contribution in [0.25, 0.3) is 11.0 Å². The number of halogens is 3. The number of hydrogen-bond donors (Lipinski definition) is 0. The molecule has 3 rings (SSSR count). The molecule has 0 aliphatic rings. The molecule has 0 saturated heterocycles. The van der Waals surface area contributed by atoms with Gasteiger partial charge in [0.05, 0.1) is 10.4 Å². The molecule has 0 radical (unpaired) electrons. The Morgan fingerprint density at radius 3 is 2.54 bits per heavy atom. The number of pyridine rings is 1. The van der Waals surface area contributed by atoms with E-state index < -0.39 is 15.7 Å².